The van der Waals surface area contributed by atoms with Crippen LogP contribution in [0.15, 0.2) is 0 Å². The molecule has 1 aliphatic heterocycles. The average molecular weight is 239 g/mol. The van der Waals surface area contributed by atoms with E-state index in [1.54, 1.807) is 11.3 Å². The van der Waals surface area contributed by atoms with Crippen LogP contribution in [0.25, 0.3) is 0 Å². The molecule has 90 valence electrons. The molecule has 2 N–H and O–H groups in total. The molecule has 4 heteroatoms. The number of aryl methyl sites for hydroxylation is 1. The highest BCUT2D eigenvalue weighted by Crippen LogP contribution is 2.26. The fraction of sp³-hybridized carbons (Fsp3) is 0.750. The lowest BCUT2D eigenvalue weighted by Crippen LogP contribution is -2.18. The summed E-state index contributed by atoms with van der Waals surface area (Å²) < 4.78 is 0. The van der Waals surface area contributed by atoms with Crippen LogP contribution in [0.1, 0.15) is 48.3 Å². The van der Waals surface area contributed by atoms with Gasteiger partial charge >= 0.3 is 0 Å². The third-order valence-corrected chi connectivity index (χ3v) is 4.36. The van der Waals surface area contributed by atoms with Gasteiger partial charge in [-0.15, -0.1) is 11.3 Å². The van der Waals surface area contributed by atoms with Gasteiger partial charge in [0.05, 0.1) is 12.2 Å². The number of rotatable bonds is 4. The van der Waals surface area contributed by atoms with E-state index in [0.29, 0.717) is 0 Å². The van der Waals surface area contributed by atoms with Crippen molar-refractivity contribution in [3.8, 4) is 0 Å². The summed E-state index contributed by atoms with van der Waals surface area (Å²) in [6.45, 7) is 7.68. The van der Waals surface area contributed by atoms with Gasteiger partial charge in [0.1, 0.15) is 5.01 Å². The van der Waals surface area contributed by atoms with Gasteiger partial charge in [-0.05, 0) is 39.3 Å². The molecule has 1 aromatic rings. The quantitative estimate of drug-likeness (QED) is 0.877. The Balaban J connectivity index is 2.09. The molecule has 16 heavy (non-hydrogen) atoms. The summed E-state index contributed by atoms with van der Waals surface area (Å²) in [6.07, 6.45) is 3.67. The molecule has 0 saturated carbocycles. The fourth-order valence-corrected chi connectivity index (χ4v) is 3.37. The molecule has 2 heterocycles. The van der Waals surface area contributed by atoms with Crippen LogP contribution in [0.3, 0.4) is 0 Å². The van der Waals surface area contributed by atoms with Crippen molar-refractivity contribution in [1.82, 2.24) is 9.88 Å². The zero-order chi connectivity index (χ0) is 11.5. The van der Waals surface area contributed by atoms with E-state index in [1.807, 2.05) is 6.92 Å². The summed E-state index contributed by atoms with van der Waals surface area (Å²) >= 11 is 1.80. The Bertz CT molecular complexity index is 340. The summed E-state index contributed by atoms with van der Waals surface area (Å²) in [5.41, 5.74) is 7.17. The highest BCUT2D eigenvalue weighted by atomic mass is 32.1. The summed E-state index contributed by atoms with van der Waals surface area (Å²) in [7, 11) is 0. The number of likely N-dealkylation sites (tertiary alicyclic amines) is 1. The lowest BCUT2D eigenvalue weighted by Gasteiger charge is -2.11. The first-order chi connectivity index (χ1) is 7.70. The molecule has 0 bridgehead atoms. The molecule has 0 aromatic carbocycles. The van der Waals surface area contributed by atoms with Crippen LogP contribution < -0.4 is 5.73 Å². The third-order valence-electron chi connectivity index (χ3n) is 3.08. The normalized spacial score (nSPS) is 19.2. The predicted molar refractivity (Wildman–Crippen MR) is 68.6 cm³/mol. The van der Waals surface area contributed by atoms with Crippen LogP contribution in [0, 0.1) is 0 Å². The zero-order valence-electron chi connectivity index (χ0n) is 10.2. The first kappa shape index (κ1) is 12.0. The first-order valence-corrected chi connectivity index (χ1v) is 6.98. The molecule has 1 unspecified atom stereocenters. The Labute approximate surface area is 102 Å². The minimum absolute atomic E-state index is 0.125. The van der Waals surface area contributed by atoms with Gasteiger partial charge in [-0.2, -0.15) is 0 Å². The maximum atomic E-state index is 5.97. The Hall–Kier alpha value is -0.450. The molecular formula is C12H21N3S. The zero-order valence-corrected chi connectivity index (χ0v) is 11.0. The molecule has 1 aliphatic rings. The number of hydrogen-bond donors (Lipinski definition) is 1. The standard InChI is InChI=1S/C12H21N3S/c1-3-10-12(9(2)13)16-11(14-10)8-15-6-4-5-7-15/h9H,3-8,13H2,1-2H3. The van der Waals surface area contributed by atoms with E-state index < -0.39 is 0 Å². The van der Waals surface area contributed by atoms with Crippen molar-refractivity contribution in [2.75, 3.05) is 13.1 Å². The van der Waals surface area contributed by atoms with Gasteiger partial charge in [0.2, 0.25) is 0 Å². The van der Waals surface area contributed by atoms with Gasteiger partial charge < -0.3 is 5.73 Å². The van der Waals surface area contributed by atoms with Crippen LogP contribution in [0.4, 0.5) is 0 Å². The van der Waals surface area contributed by atoms with Gasteiger partial charge in [0, 0.05) is 10.9 Å². The molecule has 1 saturated heterocycles. The van der Waals surface area contributed by atoms with Crippen molar-refractivity contribution in [1.29, 1.82) is 0 Å². The second-order valence-corrected chi connectivity index (χ2v) is 5.66. The van der Waals surface area contributed by atoms with Gasteiger partial charge in [-0.25, -0.2) is 4.98 Å². The van der Waals surface area contributed by atoms with E-state index in [9.17, 15) is 0 Å². The van der Waals surface area contributed by atoms with Gasteiger partial charge in [0.15, 0.2) is 0 Å². The molecule has 0 aliphatic carbocycles. The van der Waals surface area contributed by atoms with Gasteiger partial charge in [-0.1, -0.05) is 6.92 Å². The van der Waals surface area contributed by atoms with E-state index in [4.69, 9.17) is 10.7 Å². The minimum atomic E-state index is 0.125. The maximum absolute atomic E-state index is 5.97. The highest BCUT2D eigenvalue weighted by molar-refractivity contribution is 7.11. The number of nitrogens with two attached hydrogens (primary N) is 1. The third kappa shape index (κ3) is 2.62. The lowest BCUT2D eigenvalue weighted by atomic mass is 10.2. The lowest BCUT2D eigenvalue weighted by molar-refractivity contribution is 0.330. The fourth-order valence-electron chi connectivity index (χ4n) is 2.22. The number of aromatic nitrogens is 1. The van der Waals surface area contributed by atoms with Crippen molar-refractivity contribution in [2.24, 2.45) is 5.73 Å². The van der Waals surface area contributed by atoms with Crippen LogP contribution in [-0.4, -0.2) is 23.0 Å². The average Bonchev–Trinajstić information content (AvgIpc) is 2.87. The topological polar surface area (TPSA) is 42.2 Å². The van der Waals surface area contributed by atoms with Crippen molar-refractivity contribution >= 4 is 11.3 Å². The smallest absolute Gasteiger partial charge is 0.107 e. The van der Waals surface area contributed by atoms with E-state index in [1.165, 1.54) is 41.5 Å². The van der Waals surface area contributed by atoms with E-state index >= 15 is 0 Å². The van der Waals surface area contributed by atoms with E-state index in [2.05, 4.69) is 11.8 Å². The van der Waals surface area contributed by atoms with Crippen molar-refractivity contribution in [2.45, 2.75) is 45.7 Å². The molecule has 0 spiro atoms. The maximum Gasteiger partial charge on any atom is 0.107 e. The highest BCUT2D eigenvalue weighted by Gasteiger charge is 2.17. The molecule has 3 nitrogen and oxygen atoms in total. The summed E-state index contributed by atoms with van der Waals surface area (Å²) in [4.78, 5) is 8.47. The van der Waals surface area contributed by atoms with Crippen molar-refractivity contribution in [3.05, 3.63) is 15.6 Å². The SMILES string of the molecule is CCc1nc(CN2CCCC2)sc1C(C)N. The Morgan fingerprint density at radius 2 is 2.12 bits per heavy atom. The monoisotopic (exact) mass is 239 g/mol. The molecule has 1 fully saturated rings. The molecule has 1 aromatic heterocycles. The van der Waals surface area contributed by atoms with Crippen LogP contribution in [-0.2, 0) is 13.0 Å². The van der Waals surface area contributed by atoms with Crippen molar-refractivity contribution < 1.29 is 0 Å². The molecule has 2 rings (SSSR count). The summed E-state index contributed by atoms with van der Waals surface area (Å²) in [5, 5.41) is 1.24. The van der Waals surface area contributed by atoms with E-state index in [-0.39, 0.29) is 6.04 Å². The van der Waals surface area contributed by atoms with Crippen molar-refractivity contribution in [3.63, 3.8) is 0 Å². The predicted octanol–water partition coefficient (Wildman–Crippen LogP) is 2.32. The van der Waals surface area contributed by atoms with E-state index in [0.717, 1.165) is 13.0 Å². The second-order valence-electron chi connectivity index (χ2n) is 4.54. The molecule has 1 atom stereocenters. The molecule has 0 radical (unpaired) electrons. The van der Waals surface area contributed by atoms with Crippen LogP contribution >= 0.6 is 11.3 Å². The number of hydrogen-bond acceptors (Lipinski definition) is 4. The Kier molecular flexibility index (Phi) is 3.95. The second kappa shape index (κ2) is 5.25. The van der Waals surface area contributed by atoms with Gasteiger partial charge in [0.25, 0.3) is 0 Å². The largest absolute Gasteiger partial charge is 0.323 e. The van der Waals surface area contributed by atoms with Crippen LogP contribution in [0.2, 0.25) is 0 Å². The molecule has 0 amide bonds. The number of nitrogens with zero attached hydrogens (tertiary/aromatic N) is 2. The van der Waals surface area contributed by atoms with Crippen LogP contribution in [0.5, 0.6) is 0 Å². The number of thiazole rings is 1. The Morgan fingerprint density at radius 3 is 2.62 bits per heavy atom. The Morgan fingerprint density at radius 1 is 1.44 bits per heavy atom. The molecular weight excluding hydrogens is 218 g/mol. The summed E-state index contributed by atoms with van der Waals surface area (Å²) in [6, 6.07) is 0.125. The minimum Gasteiger partial charge on any atom is -0.323 e. The first-order valence-electron chi connectivity index (χ1n) is 6.17. The summed E-state index contributed by atoms with van der Waals surface area (Å²) in [5.74, 6) is 0. The van der Waals surface area contributed by atoms with Gasteiger partial charge in [-0.3, -0.25) is 4.90 Å².